The molecule has 21 heavy (non-hydrogen) atoms. The van der Waals surface area contributed by atoms with Crippen LogP contribution in [-0.2, 0) is 4.79 Å². The summed E-state index contributed by atoms with van der Waals surface area (Å²) in [6, 6.07) is 0.524. The fourth-order valence-electron chi connectivity index (χ4n) is 3.74. The Bertz CT molecular complexity index is 343. The van der Waals surface area contributed by atoms with Crippen LogP contribution in [0.4, 0.5) is 0 Å². The molecule has 2 aliphatic carbocycles. The van der Waals surface area contributed by atoms with E-state index >= 15 is 0 Å². The molecule has 0 saturated heterocycles. The van der Waals surface area contributed by atoms with Crippen molar-refractivity contribution in [1.29, 1.82) is 0 Å². The van der Waals surface area contributed by atoms with E-state index in [2.05, 4.69) is 24.1 Å². The molecule has 2 fully saturated rings. The maximum atomic E-state index is 12.1. The first-order valence-corrected chi connectivity index (χ1v) is 8.90. The standard InChI is InChI=1S/C17H33N3O/c1-3-10-19-17(16(18)21)9-5-6-15(12-17)20(11-4-2)13-14-7-8-14/h14-15,19H,3-13H2,1-2H3,(H2,18,21). The Morgan fingerprint density at radius 2 is 2.05 bits per heavy atom. The monoisotopic (exact) mass is 295 g/mol. The van der Waals surface area contributed by atoms with Gasteiger partial charge in [-0.05, 0) is 70.4 Å². The van der Waals surface area contributed by atoms with Crippen LogP contribution >= 0.6 is 0 Å². The minimum Gasteiger partial charge on any atom is -0.368 e. The molecule has 0 bridgehead atoms. The lowest BCUT2D eigenvalue weighted by Gasteiger charge is -2.43. The van der Waals surface area contributed by atoms with Gasteiger partial charge in [-0.25, -0.2) is 0 Å². The third kappa shape index (κ3) is 4.43. The molecule has 0 aromatic carbocycles. The van der Waals surface area contributed by atoms with Gasteiger partial charge in [0.15, 0.2) is 0 Å². The van der Waals surface area contributed by atoms with Gasteiger partial charge < -0.3 is 16.0 Å². The molecule has 0 aliphatic heterocycles. The van der Waals surface area contributed by atoms with Crippen LogP contribution < -0.4 is 11.1 Å². The minimum absolute atomic E-state index is 0.150. The highest BCUT2D eigenvalue weighted by molar-refractivity contribution is 5.84. The summed E-state index contributed by atoms with van der Waals surface area (Å²) in [5.41, 5.74) is 5.31. The molecule has 2 rings (SSSR count). The van der Waals surface area contributed by atoms with E-state index < -0.39 is 5.54 Å². The van der Waals surface area contributed by atoms with E-state index in [1.807, 2.05) is 0 Å². The quantitative estimate of drug-likeness (QED) is 0.686. The second-order valence-electron chi connectivity index (χ2n) is 7.06. The zero-order valence-corrected chi connectivity index (χ0v) is 13.9. The number of amides is 1. The molecule has 2 atom stereocenters. The molecule has 0 aromatic rings. The van der Waals surface area contributed by atoms with Crippen LogP contribution in [-0.4, -0.2) is 42.0 Å². The first-order chi connectivity index (χ1) is 10.1. The Morgan fingerprint density at radius 1 is 1.29 bits per heavy atom. The van der Waals surface area contributed by atoms with Crippen LogP contribution in [0.15, 0.2) is 0 Å². The highest BCUT2D eigenvalue weighted by Gasteiger charge is 2.42. The van der Waals surface area contributed by atoms with Gasteiger partial charge >= 0.3 is 0 Å². The first-order valence-electron chi connectivity index (χ1n) is 8.90. The van der Waals surface area contributed by atoms with Gasteiger partial charge in [-0.15, -0.1) is 0 Å². The zero-order chi connectivity index (χ0) is 15.3. The fourth-order valence-corrected chi connectivity index (χ4v) is 3.74. The van der Waals surface area contributed by atoms with E-state index in [9.17, 15) is 4.79 Å². The lowest BCUT2D eigenvalue weighted by molar-refractivity contribution is -0.126. The van der Waals surface area contributed by atoms with E-state index in [1.54, 1.807) is 0 Å². The van der Waals surface area contributed by atoms with Crippen LogP contribution in [0, 0.1) is 5.92 Å². The Morgan fingerprint density at radius 3 is 2.62 bits per heavy atom. The summed E-state index contributed by atoms with van der Waals surface area (Å²) in [4.78, 5) is 14.7. The molecule has 2 saturated carbocycles. The van der Waals surface area contributed by atoms with Crippen molar-refractivity contribution < 1.29 is 4.79 Å². The van der Waals surface area contributed by atoms with Gasteiger partial charge in [0.25, 0.3) is 0 Å². The summed E-state index contributed by atoms with van der Waals surface area (Å²) in [5.74, 6) is 0.758. The number of nitrogens with zero attached hydrogens (tertiary/aromatic N) is 1. The lowest BCUT2D eigenvalue weighted by Crippen LogP contribution is -2.61. The number of rotatable bonds is 9. The van der Waals surface area contributed by atoms with E-state index in [0.29, 0.717) is 6.04 Å². The summed E-state index contributed by atoms with van der Waals surface area (Å²) in [5, 5.41) is 3.48. The van der Waals surface area contributed by atoms with Crippen molar-refractivity contribution in [3.63, 3.8) is 0 Å². The summed E-state index contributed by atoms with van der Waals surface area (Å²) < 4.78 is 0. The van der Waals surface area contributed by atoms with Crippen LogP contribution in [0.25, 0.3) is 0 Å². The maximum absolute atomic E-state index is 12.1. The molecule has 1 amide bonds. The van der Waals surface area contributed by atoms with E-state index in [0.717, 1.165) is 44.7 Å². The van der Waals surface area contributed by atoms with E-state index in [4.69, 9.17) is 5.73 Å². The topological polar surface area (TPSA) is 58.4 Å². The summed E-state index contributed by atoms with van der Waals surface area (Å²) in [6.45, 7) is 7.65. The Balaban J connectivity index is 2.02. The highest BCUT2D eigenvalue weighted by atomic mass is 16.1. The van der Waals surface area contributed by atoms with Crippen molar-refractivity contribution in [2.75, 3.05) is 19.6 Å². The van der Waals surface area contributed by atoms with Gasteiger partial charge in [-0.3, -0.25) is 4.79 Å². The van der Waals surface area contributed by atoms with E-state index in [-0.39, 0.29) is 5.91 Å². The molecule has 0 aromatic heterocycles. The number of nitrogens with one attached hydrogen (secondary N) is 1. The second kappa shape index (κ2) is 7.59. The van der Waals surface area contributed by atoms with Gasteiger partial charge in [0, 0.05) is 12.6 Å². The van der Waals surface area contributed by atoms with Crippen LogP contribution in [0.3, 0.4) is 0 Å². The van der Waals surface area contributed by atoms with Crippen molar-refractivity contribution in [1.82, 2.24) is 10.2 Å². The van der Waals surface area contributed by atoms with E-state index in [1.165, 1.54) is 32.2 Å². The average Bonchev–Trinajstić information content (AvgIpc) is 3.29. The third-order valence-electron chi connectivity index (χ3n) is 5.13. The summed E-state index contributed by atoms with van der Waals surface area (Å²) in [6.07, 6.45) is 9.14. The van der Waals surface area contributed by atoms with Gasteiger partial charge in [0.05, 0.1) is 5.54 Å². The van der Waals surface area contributed by atoms with Gasteiger partial charge in [0.2, 0.25) is 5.91 Å². The van der Waals surface area contributed by atoms with Crippen molar-refractivity contribution in [2.24, 2.45) is 11.7 Å². The molecule has 0 radical (unpaired) electrons. The van der Waals surface area contributed by atoms with Crippen molar-refractivity contribution in [3.8, 4) is 0 Å². The molecule has 122 valence electrons. The van der Waals surface area contributed by atoms with Crippen molar-refractivity contribution in [3.05, 3.63) is 0 Å². The number of nitrogens with two attached hydrogens (primary N) is 1. The molecule has 2 unspecified atom stereocenters. The Labute approximate surface area is 129 Å². The smallest absolute Gasteiger partial charge is 0.237 e. The molecule has 2 aliphatic rings. The van der Waals surface area contributed by atoms with Crippen LogP contribution in [0.5, 0.6) is 0 Å². The third-order valence-corrected chi connectivity index (χ3v) is 5.13. The zero-order valence-electron chi connectivity index (χ0n) is 13.9. The fraction of sp³-hybridized carbons (Fsp3) is 0.941. The van der Waals surface area contributed by atoms with Gasteiger partial charge in [0.1, 0.15) is 0 Å². The van der Waals surface area contributed by atoms with Crippen molar-refractivity contribution >= 4 is 5.91 Å². The van der Waals surface area contributed by atoms with Crippen LogP contribution in [0.1, 0.15) is 65.2 Å². The minimum atomic E-state index is -0.464. The molecule has 4 heteroatoms. The SMILES string of the molecule is CCCNC1(C(N)=O)CCCC(N(CCC)CC2CC2)C1. The second-order valence-corrected chi connectivity index (χ2v) is 7.06. The summed E-state index contributed by atoms with van der Waals surface area (Å²) in [7, 11) is 0. The predicted molar refractivity (Wildman–Crippen MR) is 87.1 cm³/mol. The number of carbonyl (C=O) groups is 1. The highest BCUT2D eigenvalue weighted by Crippen LogP contribution is 2.35. The Hall–Kier alpha value is -0.610. The predicted octanol–water partition coefficient (Wildman–Crippen LogP) is 2.27. The molecule has 0 spiro atoms. The molecule has 0 heterocycles. The molecule has 4 nitrogen and oxygen atoms in total. The maximum Gasteiger partial charge on any atom is 0.237 e. The molecular weight excluding hydrogens is 262 g/mol. The normalized spacial score (nSPS) is 29.8. The first kappa shape index (κ1) is 16.8. The number of hydrogen-bond donors (Lipinski definition) is 2. The van der Waals surface area contributed by atoms with Gasteiger partial charge in [-0.1, -0.05) is 13.8 Å². The van der Waals surface area contributed by atoms with Gasteiger partial charge in [-0.2, -0.15) is 0 Å². The number of carbonyl (C=O) groups excluding carboxylic acids is 1. The number of primary amides is 1. The lowest BCUT2D eigenvalue weighted by atomic mass is 9.77. The molecule has 3 N–H and O–H groups in total. The number of hydrogen-bond acceptors (Lipinski definition) is 3. The Kier molecular flexibility index (Phi) is 6.06. The summed E-state index contributed by atoms with van der Waals surface area (Å²) >= 11 is 0. The average molecular weight is 295 g/mol. The van der Waals surface area contributed by atoms with Crippen LogP contribution in [0.2, 0.25) is 0 Å². The molecular formula is C17H33N3O. The van der Waals surface area contributed by atoms with Crippen molar-refractivity contribution in [2.45, 2.75) is 76.8 Å². The largest absolute Gasteiger partial charge is 0.368 e.